The standard InChI is InChI=1S/C23H25N3O4/c27-21(16-26-22(28)14-18-8-4-5-9-19(18)23(26)29)24-20(17-6-2-1-3-7-17)15-25-10-12-30-13-11-25/h1-9,20H,10-16H2,(H,24,27)/t20-/m0/s1. The maximum absolute atomic E-state index is 12.8. The van der Waals surface area contributed by atoms with Crippen LogP contribution in [0.4, 0.5) is 0 Å². The van der Waals surface area contributed by atoms with E-state index in [4.69, 9.17) is 4.74 Å². The maximum Gasteiger partial charge on any atom is 0.261 e. The third kappa shape index (κ3) is 4.58. The molecule has 3 amide bonds. The summed E-state index contributed by atoms with van der Waals surface area (Å²) < 4.78 is 5.41. The first-order valence-electron chi connectivity index (χ1n) is 10.2. The monoisotopic (exact) mass is 407 g/mol. The van der Waals surface area contributed by atoms with Gasteiger partial charge in [-0.15, -0.1) is 0 Å². The fourth-order valence-electron chi connectivity index (χ4n) is 3.91. The van der Waals surface area contributed by atoms with Crippen LogP contribution in [0.15, 0.2) is 54.6 Å². The van der Waals surface area contributed by atoms with Gasteiger partial charge in [0.2, 0.25) is 11.8 Å². The number of carbonyl (C=O) groups excluding carboxylic acids is 3. The van der Waals surface area contributed by atoms with E-state index >= 15 is 0 Å². The van der Waals surface area contributed by atoms with Crippen LogP contribution in [0.1, 0.15) is 27.5 Å². The van der Waals surface area contributed by atoms with E-state index in [-0.39, 0.29) is 30.8 Å². The maximum atomic E-state index is 12.8. The fraction of sp³-hybridized carbons (Fsp3) is 0.348. The summed E-state index contributed by atoms with van der Waals surface area (Å²) in [5.41, 5.74) is 2.18. The Hall–Kier alpha value is -3.03. The summed E-state index contributed by atoms with van der Waals surface area (Å²) in [6.07, 6.45) is 0.130. The number of imide groups is 1. The van der Waals surface area contributed by atoms with Crippen LogP contribution in [0.5, 0.6) is 0 Å². The van der Waals surface area contributed by atoms with Gasteiger partial charge in [0.15, 0.2) is 0 Å². The molecule has 0 bridgehead atoms. The lowest BCUT2D eigenvalue weighted by Gasteiger charge is -2.32. The number of rotatable bonds is 6. The molecule has 2 aromatic carbocycles. The van der Waals surface area contributed by atoms with Gasteiger partial charge in [0.1, 0.15) is 6.54 Å². The van der Waals surface area contributed by atoms with Gasteiger partial charge in [0.05, 0.1) is 25.7 Å². The van der Waals surface area contributed by atoms with Crippen molar-refractivity contribution in [2.75, 3.05) is 39.4 Å². The average Bonchev–Trinajstić information content (AvgIpc) is 2.77. The number of hydrogen-bond acceptors (Lipinski definition) is 5. The lowest BCUT2D eigenvalue weighted by molar-refractivity contribution is -0.133. The molecule has 156 valence electrons. The number of ether oxygens (including phenoxy) is 1. The largest absolute Gasteiger partial charge is 0.379 e. The zero-order valence-corrected chi connectivity index (χ0v) is 16.8. The molecular weight excluding hydrogens is 382 g/mol. The quantitative estimate of drug-likeness (QED) is 0.733. The Kier molecular flexibility index (Phi) is 6.21. The molecule has 0 spiro atoms. The van der Waals surface area contributed by atoms with Crippen LogP contribution in [-0.4, -0.2) is 66.9 Å². The molecule has 1 saturated heterocycles. The Labute approximate surface area is 175 Å². The molecule has 4 rings (SSSR count). The van der Waals surface area contributed by atoms with Gasteiger partial charge in [0.25, 0.3) is 5.91 Å². The van der Waals surface area contributed by atoms with Crippen molar-refractivity contribution in [1.29, 1.82) is 0 Å². The molecule has 1 N–H and O–H groups in total. The van der Waals surface area contributed by atoms with Crippen molar-refractivity contribution in [2.24, 2.45) is 0 Å². The second-order valence-electron chi connectivity index (χ2n) is 7.56. The Bertz CT molecular complexity index is 925. The third-order valence-corrected chi connectivity index (χ3v) is 5.52. The Morgan fingerprint density at radius 1 is 1.00 bits per heavy atom. The number of nitrogens with zero attached hydrogens (tertiary/aromatic N) is 2. The van der Waals surface area contributed by atoms with E-state index in [2.05, 4.69) is 10.2 Å². The highest BCUT2D eigenvalue weighted by Crippen LogP contribution is 2.20. The number of morpholine rings is 1. The number of nitrogens with one attached hydrogen (secondary N) is 1. The Balaban J connectivity index is 1.46. The van der Waals surface area contributed by atoms with Crippen LogP contribution in [0.2, 0.25) is 0 Å². The zero-order chi connectivity index (χ0) is 20.9. The van der Waals surface area contributed by atoms with Crippen LogP contribution in [-0.2, 0) is 20.7 Å². The molecule has 0 unspecified atom stereocenters. The van der Waals surface area contributed by atoms with Gasteiger partial charge in [-0.2, -0.15) is 0 Å². The van der Waals surface area contributed by atoms with E-state index in [0.717, 1.165) is 23.6 Å². The molecule has 0 radical (unpaired) electrons. The molecule has 2 aromatic rings. The van der Waals surface area contributed by atoms with Gasteiger partial charge < -0.3 is 10.1 Å². The first kappa shape index (κ1) is 20.3. The van der Waals surface area contributed by atoms with Gasteiger partial charge in [-0.3, -0.25) is 24.2 Å². The SMILES string of the molecule is O=C(CN1C(=O)Cc2ccccc2C1=O)N[C@@H](CN1CCOCC1)c1ccccc1. The van der Waals surface area contributed by atoms with Crippen molar-refractivity contribution in [3.63, 3.8) is 0 Å². The van der Waals surface area contributed by atoms with Crippen molar-refractivity contribution >= 4 is 17.7 Å². The second kappa shape index (κ2) is 9.19. The molecule has 2 aliphatic rings. The molecule has 0 aliphatic carbocycles. The van der Waals surface area contributed by atoms with Crippen molar-refractivity contribution < 1.29 is 19.1 Å². The minimum Gasteiger partial charge on any atom is -0.379 e. The second-order valence-corrected chi connectivity index (χ2v) is 7.56. The summed E-state index contributed by atoms with van der Waals surface area (Å²) in [7, 11) is 0. The van der Waals surface area contributed by atoms with E-state index in [1.807, 2.05) is 30.3 Å². The minimum atomic E-state index is -0.415. The highest BCUT2D eigenvalue weighted by Gasteiger charge is 2.32. The molecule has 2 aliphatic heterocycles. The van der Waals surface area contributed by atoms with E-state index in [0.29, 0.717) is 30.9 Å². The number of amides is 3. The summed E-state index contributed by atoms with van der Waals surface area (Å²) in [5, 5.41) is 3.03. The van der Waals surface area contributed by atoms with Crippen LogP contribution < -0.4 is 5.32 Å². The molecule has 7 heteroatoms. The fourth-order valence-corrected chi connectivity index (χ4v) is 3.91. The number of hydrogen-bond donors (Lipinski definition) is 1. The normalized spacial score (nSPS) is 18.1. The van der Waals surface area contributed by atoms with Crippen LogP contribution in [0.25, 0.3) is 0 Å². The predicted molar refractivity (Wildman–Crippen MR) is 111 cm³/mol. The summed E-state index contributed by atoms with van der Waals surface area (Å²) in [6, 6.07) is 16.5. The van der Waals surface area contributed by atoms with Crippen LogP contribution >= 0.6 is 0 Å². The Morgan fingerprint density at radius 2 is 1.70 bits per heavy atom. The van der Waals surface area contributed by atoms with Gasteiger partial charge in [0, 0.05) is 25.2 Å². The summed E-state index contributed by atoms with van der Waals surface area (Å²) in [5.74, 6) is -1.11. The van der Waals surface area contributed by atoms with Crippen molar-refractivity contribution in [2.45, 2.75) is 12.5 Å². The van der Waals surface area contributed by atoms with Gasteiger partial charge >= 0.3 is 0 Å². The highest BCUT2D eigenvalue weighted by molar-refractivity contribution is 6.11. The minimum absolute atomic E-state index is 0.130. The summed E-state index contributed by atoms with van der Waals surface area (Å²) in [4.78, 5) is 41.4. The Morgan fingerprint density at radius 3 is 2.47 bits per heavy atom. The topological polar surface area (TPSA) is 79.0 Å². The van der Waals surface area contributed by atoms with Crippen molar-refractivity contribution in [3.8, 4) is 0 Å². The van der Waals surface area contributed by atoms with E-state index < -0.39 is 5.91 Å². The van der Waals surface area contributed by atoms with E-state index in [9.17, 15) is 14.4 Å². The van der Waals surface area contributed by atoms with E-state index in [1.54, 1.807) is 24.3 Å². The number of benzene rings is 2. The third-order valence-electron chi connectivity index (χ3n) is 5.52. The number of carbonyl (C=O) groups is 3. The summed E-state index contributed by atoms with van der Waals surface area (Å²) >= 11 is 0. The van der Waals surface area contributed by atoms with Crippen molar-refractivity contribution in [3.05, 3.63) is 71.3 Å². The summed E-state index contributed by atoms with van der Waals surface area (Å²) in [6.45, 7) is 3.32. The highest BCUT2D eigenvalue weighted by atomic mass is 16.5. The van der Waals surface area contributed by atoms with Crippen LogP contribution in [0.3, 0.4) is 0 Å². The van der Waals surface area contributed by atoms with Gasteiger partial charge in [-0.05, 0) is 17.2 Å². The lowest BCUT2D eigenvalue weighted by Crippen LogP contribution is -2.49. The first-order chi connectivity index (χ1) is 14.6. The molecule has 7 nitrogen and oxygen atoms in total. The van der Waals surface area contributed by atoms with E-state index in [1.165, 1.54) is 0 Å². The van der Waals surface area contributed by atoms with Crippen LogP contribution in [0, 0.1) is 0 Å². The molecule has 0 aromatic heterocycles. The smallest absolute Gasteiger partial charge is 0.261 e. The van der Waals surface area contributed by atoms with Gasteiger partial charge in [-0.1, -0.05) is 48.5 Å². The molecule has 2 heterocycles. The van der Waals surface area contributed by atoms with Gasteiger partial charge in [-0.25, -0.2) is 0 Å². The van der Waals surface area contributed by atoms with Crippen molar-refractivity contribution in [1.82, 2.24) is 15.1 Å². The lowest BCUT2D eigenvalue weighted by atomic mass is 9.98. The molecule has 0 saturated carbocycles. The average molecular weight is 407 g/mol. The predicted octanol–water partition coefficient (Wildman–Crippen LogP) is 1.40. The zero-order valence-electron chi connectivity index (χ0n) is 16.8. The molecule has 30 heavy (non-hydrogen) atoms. The first-order valence-corrected chi connectivity index (χ1v) is 10.2. The number of fused-ring (bicyclic) bond motifs is 1. The molecule has 1 atom stereocenters. The molecular formula is C23H25N3O4. The molecule has 1 fully saturated rings.